The van der Waals surface area contributed by atoms with Gasteiger partial charge in [0.2, 0.25) is 9.47 Å². The number of amides is 1. The van der Waals surface area contributed by atoms with Crippen molar-refractivity contribution in [2.45, 2.75) is 25.8 Å². The third-order valence-electron chi connectivity index (χ3n) is 2.68. The summed E-state index contributed by atoms with van der Waals surface area (Å²) in [5, 5.41) is 10.7. The number of rotatable bonds is 5. The fourth-order valence-corrected chi connectivity index (χ4v) is 2.54. The molecule has 0 aliphatic rings. The number of nitrogens with one attached hydrogen (secondary N) is 1. The Kier molecular flexibility index (Phi) is 4.87. The van der Waals surface area contributed by atoms with Crippen LogP contribution >= 0.6 is 22.9 Å². The number of hydrogen-bond donors (Lipinski definition) is 1. The zero-order valence-electron chi connectivity index (χ0n) is 10.5. The molecular weight excluding hydrogens is 282 g/mol. The first kappa shape index (κ1) is 14.0. The van der Waals surface area contributed by atoms with Crippen molar-refractivity contribution in [3.05, 3.63) is 45.4 Å². The highest BCUT2D eigenvalue weighted by molar-refractivity contribution is 7.17. The molecule has 1 atom stereocenters. The lowest BCUT2D eigenvalue weighted by molar-refractivity contribution is 0.0933. The van der Waals surface area contributed by atoms with E-state index in [0.29, 0.717) is 5.01 Å². The van der Waals surface area contributed by atoms with Crippen molar-refractivity contribution in [3.8, 4) is 0 Å². The van der Waals surface area contributed by atoms with Gasteiger partial charge in [-0.05, 0) is 23.6 Å². The van der Waals surface area contributed by atoms with Crippen molar-refractivity contribution in [3.63, 3.8) is 0 Å². The van der Waals surface area contributed by atoms with Crippen LogP contribution in [0.4, 0.5) is 0 Å². The van der Waals surface area contributed by atoms with Crippen LogP contribution in [0.25, 0.3) is 0 Å². The summed E-state index contributed by atoms with van der Waals surface area (Å²) in [6.07, 6.45) is 1.86. The van der Waals surface area contributed by atoms with E-state index in [0.717, 1.165) is 29.7 Å². The van der Waals surface area contributed by atoms with E-state index in [9.17, 15) is 4.79 Å². The molecule has 2 aromatic rings. The van der Waals surface area contributed by atoms with Crippen LogP contribution in [0.1, 0.15) is 41.2 Å². The maximum Gasteiger partial charge on any atom is 0.282 e. The third kappa shape index (κ3) is 3.75. The summed E-state index contributed by atoms with van der Waals surface area (Å²) < 4.78 is 0.275. The van der Waals surface area contributed by atoms with Gasteiger partial charge in [-0.2, -0.15) is 0 Å². The van der Waals surface area contributed by atoms with Crippen LogP contribution in [0.3, 0.4) is 0 Å². The van der Waals surface area contributed by atoms with Crippen LogP contribution in [-0.2, 0) is 0 Å². The molecule has 0 saturated heterocycles. The average molecular weight is 296 g/mol. The molecule has 0 aliphatic carbocycles. The molecule has 1 amide bonds. The van der Waals surface area contributed by atoms with Crippen molar-refractivity contribution < 1.29 is 4.79 Å². The SMILES string of the molecule is CCCC(NC(=O)c1nnc(Cl)s1)c1ccccc1. The first-order valence-corrected chi connectivity index (χ1v) is 7.25. The molecule has 100 valence electrons. The first-order chi connectivity index (χ1) is 9.20. The fourth-order valence-electron chi connectivity index (χ4n) is 1.81. The van der Waals surface area contributed by atoms with Gasteiger partial charge >= 0.3 is 0 Å². The molecule has 1 aromatic carbocycles. The second-order valence-corrected chi connectivity index (χ2v) is 5.65. The van der Waals surface area contributed by atoms with Gasteiger partial charge in [0.05, 0.1) is 6.04 Å². The number of hydrogen-bond acceptors (Lipinski definition) is 4. The number of aromatic nitrogens is 2. The molecule has 0 saturated carbocycles. The normalized spacial score (nSPS) is 12.1. The monoisotopic (exact) mass is 295 g/mol. The standard InChI is InChI=1S/C13H14ClN3OS/c1-2-6-10(9-7-4-3-5-8-9)15-11(18)12-16-17-13(14)19-12/h3-5,7-8,10H,2,6H2,1H3,(H,15,18). The lowest BCUT2D eigenvalue weighted by Gasteiger charge is -2.17. The summed E-state index contributed by atoms with van der Waals surface area (Å²) in [6.45, 7) is 2.09. The molecule has 0 radical (unpaired) electrons. The van der Waals surface area contributed by atoms with Gasteiger partial charge in [0.25, 0.3) is 5.91 Å². The zero-order valence-corrected chi connectivity index (χ0v) is 12.0. The van der Waals surface area contributed by atoms with Crippen molar-refractivity contribution >= 4 is 28.8 Å². The van der Waals surface area contributed by atoms with Gasteiger partial charge in [0.1, 0.15) is 0 Å². The predicted octanol–water partition coefficient (Wildman–Crippen LogP) is 3.46. The highest BCUT2D eigenvalue weighted by Crippen LogP contribution is 2.20. The van der Waals surface area contributed by atoms with E-state index in [1.807, 2.05) is 30.3 Å². The lowest BCUT2D eigenvalue weighted by atomic mass is 10.0. The highest BCUT2D eigenvalue weighted by atomic mass is 35.5. The Balaban J connectivity index is 2.11. The lowest BCUT2D eigenvalue weighted by Crippen LogP contribution is -2.28. The molecule has 0 bridgehead atoms. The van der Waals surface area contributed by atoms with Gasteiger partial charge < -0.3 is 5.32 Å². The van der Waals surface area contributed by atoms with E-state index >= 15 is 0 Å². The number of nitrogens with zero attached hydrogens (tertiary/aromatic N) is 2. The van der Waals surface area contributed by atoms with E-state index in [1.54, 1.807) is 0 Å². The molecule has 6 heteroatoms. The summed E-state index contributed by atoms with van der Waals surface area (Å²) in [6, 6.07) is 9.89. The summed E-state index contributed by atoms with van der Waals surface area (Å²) in [4.78, 5) is 12.1. The third-order valence-corrected chi connectivity index (χ3v) is 3.70. The van der Waals surface area contributed by atoms with Gasteiger partial charge in [0.15, 0.2) is 0 Å². The number of halogens is 1. The summed E-state index contributed by atoms with van der Waals surface area (Å²) in [7, 11) is 0. The molecule has 2 rings (SSSR count). The van der Waals surface area contributed by atoms with Crippen LogP contribution in [-0.4, -0.2) is 16.1 Å². The van der Waals surface area contributed by atoms with Gasteiger partial charge in [-0.3, -0.25) is 4.79 Å². The molecular formula is C13H14ClN3OS. The fraction of sp³-hybridized carbons (Fsp3) is 0.308. The van der Waals surface area contributed by atoms with Crippen LogP contribution in [0, 0.1) is 0 Å². The Morgan fingerprint density at radius 2 is 2.11 bits per heavy atom. The van der Waals surface area contributed by atoms with E-state index in [1.165, 1.54) is 0 Å². The number of carbonyl (C=O) groups is 1. The minimum Gasteiger partial charge on any atom is -0.343 e. The molecule has 1 unspecified atom stereocenters. The van der Waals surface area contributed by atoms with E-state index in [-0.39, 0.29) is 16.4 Å². The maximum atomic E-state index is 12.1. The number of carbonyl (C=O) groups excluding carboxylic acids is 1. The Bertz CT molecular complexity index is 544. The van der Waals surface area contributed by atoms with Gasteiger partial charge in [0, 0.05) is 0 Å². The molecule has 0 fully saturated rings. The topological polar surface area (TPSA) is 54.9 Å². The zero-order chi connectivity index (χ0) is 13.7. The van der Waals surface area contributed by atoms with Crippen LogP contribution in [0.5, 0.6) is 0 Å². The van der Waals surface area contributed by atoms with Crippen LogP contribution in [0.15, 0.2) is 30.3 Å². The quantitative estimate of drug-likeness (QED) is 0.919. The van der Waals surface area contributed by atoms with Crippen molar-refractivity contribution in [2.24, 2.45) is 0 Å². The molecule has 1 aromatic heterocycles. The van der Waals surface area contributed by atoms with Gasteiger partial charge in [-0.25, -0.2) is 0 Å². The maximum absolute atomic E-state index is 12.1. The minimum absolute atomic E-state index is 0.0126. The second kappa shape index (κ2) is 6.63. The Labute approximate surface area is 120 Å². The summed E-state index contributed by atoms with van der Waals surface area (Å²) in [5.41, 5.74) is 1.09. The molecule has 0 aliphatic heterocycles. The summed E-state index contributed by atoms with van der Waals surface area (Å²) in [5.74, 6) is -0.230. The van der Waals surface area contributed by atoms with Gasteiger partial charge in [-0.1, -0.05) is 55.0 Å². The molecule has 1 heterocycles. The smallest absolute Gasteiger partial charge is 0.282 e. The summed E-state index contributed by atoms with van der Waals surface area (Å²) >= 11 is 6.77. The van der Waals surface area contributed by atoms with Gasteiger partial charge in [-0.15, -0.1) is 10.2 Å². The average Bonchev–Trinajstić information content (AvgIpc) is 2.86. The molecule has 1 N–H and O–H groups in total. The predicted molar refractivity (Wildman–Crippen MR) is 76.5 cm³/mol. The van der Waals surface area contributed by atoms with Crippen molar-refractivity contribution in [1.29, 1.82) is 0 Å². The highest BCUT2D eigenvalue weighted by Gasteiger charge is 2.17. The van der Waals surface area contributed by atoms with E-state index in [2.05, 4.69) is 22.4 Å². The Hall–Kier alpha value is -1.46. The van der Waals surface area contributed by atoms with E-state index < -0.39 is 0 Å². The minimum atomic E-state index is -0.230. The van der Waals surface area contributed by atoms with Crippen LogP contribution < -0.4 is 5.32 Å². The molecule has 0 spiro atoms. The molecule has 19 heavy (non-hydrogen) atoms. The molecule has 4 nitrogen and oxygen atoms in total. The first-order valence-electron chi connectivity index (χ1n) is 6.05. The number of benzene rings is 1. The van der Waals surface area contributed by atoms with Crippen molar-refractivity contribution in [1.82, 2.24) is 15.5 Å². The second-order valence-electron chi connectivity index (χ2n) is 4.09. The van der Waals surface area contributed by atoms with Crippen LogP contribution in [0.2, 0.25) is 4.47 Å². The van der Waals surface area contributed by atoms with E-state index in [4.69, 9.17) is 11.6 Å². The van der Waals surface area contributed by atoms with Crippen molar-refractivity contribution in [2.75, 3.05) is 0 Å². The Morgan fingerprint density at radius 1 is 1.37 bits per heavy atom. The largest absolute Gasteiger partial charge is 0.343 e. The Morgan fingerprint density at radius 3 is 2.68 bits per heavy atom.